The molecule has 0 bridgehead atoms. The number of urea groups is 1. The van der Waals surface area contributed by atoms with Crippen molar-refractivity contribution in [3.8, 4) is 0 Å². The van der Waals surface area contributed by atoms with Crippen molar-refractivity contribution < 1.29 is 18.0 Å². The molecule has 4 atom stereocenters. The lowest BCUT2D eigenvalue weighted by molar-refractivity contribution is 0.100. The number of carbonyl (C=O) groups is 2. The summed E-state index contributed by atoms with van der Waals surface area (Å²) in [6, 6.07) is 1.83. The first-order valence-electron chi connectivity index (χ1n) is 11.1. The number of aromatic nitrogens is 2. The van der Waals surface area contributed by atoms with Gasteiger partial charge < -0.3 is 16.0 Å². The van der Waals surface area contributed by atoms with Gasteiger partial charge in [0.1, 0.15) is 0 Å². The lowest BCUT2D eigenvalue weighted by atomic mass is 9.93. The monoisotopic (exact) mass is 475 g/mol. The lowest BCUT2D eigenvalue weighted by Crippen LogP contribution is -2.33. The molecule has 0 radical (unpaired) electrons. The van der Waals surface area contributed by atoms with Crippen molar-refractivity contribution in [2.75, 3.05) is 49.7 Å². The van der Waals surface area contributed by atoms with Crippen LogP contribution in [-0.4, -0.2) is 84.7 Å². The molecule has 12 heteroatoms. The third kappa shape index (κ3) is 3.61. The van der Waals surface area contributed by atoms with Crippen LogP contribution in [0.2, 0.25) is 0 Å². The normalized spacial score (nSPS) is 28.2. The number of fused-ring (bicyclic) bond motifs is 2. The van der Waals surface area contributed by atoms with E-state index in [1.807, 2.05) is 6.07 Å². The van der Waals surface area contributed by atoms with Gasteiger partial charge in [-0.05, 0) is 30.2 Å². The molecule has 33 heavy (non-hydrogen) atoms. The van der Waals surface area contributed by atoms with Gasteiger partial charge in [-0.15, -0.1) is 0 Å². The molecule has 3 fully saturated rings. The van der Waals surface area contributed by atoms with Crippen molar-refractivity contribution >= 4 is 38.9 Å². The number of primary amides is 1. The maximum atomic E-state index is 12.5. The Bertz CT molecular complexity index is 1240. The lowest BCUT2D eigenvalue weighted by Gasteiger charge is -2.25. The second-order valence-corrected chi connectivity index (χ2v) is 11.5. The SMILES string of the molecule is C[C@H]1[C@@H]2CN(S(C)(=O)=O)C[C@H]2C[C@H]1Nc1c(C(N)=O)cnn2cc(N3CCN(C)C3=O)cc12. The zero-order valence-electron chi connectivity index (χ0n) is 18.9. The highest BCUT2D eigenvalue weighted by molar-refractivity contribution is 7.88. The van der Waals surface area contributed by atoms with Crippen molar-refractivity contribution in [2.24, 2.45) is 23.5 Å². The van der Waals surface area contributed by atoms with Gasteiger partial charge in [0.2, 0.25) is 10.0 Å². The molecule has 3 N–H and O–H groups in total. The molecule has 2 aromatic rings. The third-order valence-electron chi connectivity index (χ3n) is 7.54. The van der Waals surface area contributed by atoms with Gasteiger partial charge in [-0.3, -0.25) is 9.69 Å². The number of nitrogens with one attached hydrogen (secondary N) is 1. The second-order valence-electron chi connectivity index (χ2n) is 9.53. The average molecular weight is 476 g/mol. The first-order valence-corrected chi connectivity index (χ1v) is 12.9. The Labute approximate surface area is 192 Å². The zero-order valence-corrected chi connectivity index (χ0v) is 19.7. The minimum atomic E-state index is -3.20. The molecule has 1 saturated carbocycles. The number of nitrogens with two attached hydrogens (primary N) is 1. The summed E-state index contributed by atoms with van der Waals surface area (Å²) in [5.41, 5.74) is 7.94. The summed E-state index contributed by atoms with van der Waals surface area (Å²) in [5, 5.41) is 7.88. The number of sulfonamides is 1. The molecule has 3 aliphatic rings. The zero-order chi connectivity index (χ0) is 23.7. The van der Waals surface area contributed by atoms with E-state index in [1.54, 1.807) is 31.9 Å². The average Bonchev–Trinajstić information content (AvgIpc) is 3.48. The Balaban J connectivity index is 1.46. The van der Waals surface area contributed by atoms with Gasteiger partial charge in [0.05, 0.1) is 41.1 Å². The predicted octanol–water partition coefficient (Wildman–Crippen LogP) is 0.633. The number of hydrogen-bond acceptors (Lipinski definition) is 6. The number of nitrogens with zero attached hydrogens (tertiary/aromatic N) is 5. The molecule has 0 spiro atoms. The van der Waals surface area contributed by atoms with Gasteiger partial charge in [-0.25, -0.2) is 22.0 Å². The van der Waals surface area contributed by atoms with Gasteiger partial charge in [0.15, 0.2) is 0 Å². The van der Waals surface area contributed by atoms with E-state index in [0.29, 0.717) is 48.6 Å². The topological polar surface area (TPSA) is 133 Å². The summed E-state index contributed by atoms with van der Waals surface area (Å²) >= 11 is 0. The van der Waals surface area contributed by atoms with Crippen molar-refractivity contribution in [2.45, 2.75) is 19.4 Å². The third-order valence-corrected chi connectivity index (χ3v) is 8.78. The Kier molecular flexibility index (Phi) is 5.05. The highest BCUT2D eigenvalue weighted by atomic mass is 32.2. The van der Waals surface area contributed by atoms with E-state index in [9.17, 15) is 18.0 Å². The molecule has 3 amide bonds. The van der Waals surface area contributed by atoms with E-state index in [-0.39, 0.29) is 29.8 Å². The van der Waals surface area contributed by atoms with Crippen molar-refractivity contribution in [1.29, 1.82) is 0 Å². The number of rotatable bonds is 5. The van der Waals surface area contributed by atoms with Gasteiger partial charge >= 0.3 is 6.03 Å². The molecule has 4 heterocycles. The van der Waals surface area contributed by atoms with E-state index < -0.39 is 15.9 Å². The van der Waals surface area contributed by atoms with E-state index in [0.717, 1.165) is 6.42 Å². The number of amides is 3. The molecule has 1 aliphatic carbocycles. The number of anilines is 2. The largest absolute Gasteiger partial charge is 0.380 e. The Hall–Kier alpha value is -2.86. The Morgan fingerprint density at radius 2 is 2.03 bits per heavy atom. The predicted molar refractivity (Wildman–Crippen MR) is 124 cm³/mol. The second kappa shape index (κ2) is 7.59. The molecular formula is C21H29N7O4S. The smallest absolute Gasteiger partial charge is 0.324 e. The molecule has 11 nitrogen and oxygen atoms in total. The van der Waals surface area contributed by atoms with Gasteiger partial charge in [0, 0.05) is 39.3 Å². The molecule has 2 aliphatic heterocycles. The van der Waals surface area contributed by atoms with E-state index >= 15 is 0 Å². The number of hydrogen-bond donors (Lipinski definition) is 2. The molecule has 178 valence electrons. The van der Waals surface area contributed by atoms with Crippen LogP contribution >= 0.6 is 0 Å². The van der Waals surface area contributed by atoms with Crippen LogP contribution in [0.25, 0.3) is 5.52 Å². The van der Waals surface area contributed by atoms with Crippen molar-refractivity contribution in [1.82, 2.24) is 18.8 Å². The summed E-state index contributed by atoms with van der Waals surface area (Å²) in [7, 11) is -1.44. The summed E-state index contributed by atoms with van der Waals surface area (Å²) in [6.07, 6.45) is 5.28. The summed E-state index contributed by atoms with van der Waals surface area (Å²) < 4.78 is 27.2. The van der Waals surface area contributed by atoms with Crippen LogP contribution in [-0.2, 0) is 10.0 Å². The van der Waals surface area contributed by atoms with Crippen molar-refractivity contribution in [3.63, 3.8) is 0 Å². The molecule has 2 aromatic heterocycles. The van der Waals surface area contributed by atoms with Gasteiger partial charge in [-0.1, -0.05) is 6.92 Å². The highest BCUT2D eigenvalue weighted by Crippen LogP contribution is 2.44. The van der Waals surface area contributed by atoms with Crippen LogP contribution in [0.3, 0.4) is 0 Å². The van der Waals surface area contributed by atoms with Gasteiger partial charge in [0.25, 0.3) is 5.91 Å². The highest BCUT2D eigenvalue weighted by Gasteiger charge is 2.48. The summed E-state index contributed by atoms with van der Waals surface area (Å²) in [5.74, 6) is 0.148. The van der Waals surface area contributed by atoms with Crippen LogP contribution in [0.15, 0.2) is 18.5 Å². The van der Waals surface area contributed by atoms with Crippen LogP contribution in [0.1, 0.15) is 23.7 Å². The van der Waals surface area contributed by atoms with Crippen LogP contribution in [0.4, 0.5) is 16.2 Å². The summed E-state index contributed by atoms with van der Waals surface area (Å²) in [4.78, 5) is 28.0. The first-order chi connectivity index (χ1) is 15.5. The van der Waals surface area contributed by atoms with E-state index in [2.05, 4.69) is 17.3 Å². The Morgan fingerprint density at radius 3 is 2.64 bits per heavy atom. The fraction of sp³-hybridized carbons (Fsp3) is 0.571. The van der Waals surface area contributed by atoms with Crippen molar-refractivity contribution in [3.05, 3.63) is 24.0 Å². The maximum absolute atomic E-state index is 12.5. The van der Waals surface area contributed by atoms with Crippen LogP contribution in [0.5, 0.6) is 0 Å². The van der Waals surface area contributed by atoms with Crippen LogP contribution in [0, 0.1) is 17.8 Å². The quantitative estimate of drug-likeness (QED) is 0.652. The molecule has 0 aromatic carbocycles. The molecule has 0 unspecified atom stereocenters. The fourth-order valence-electron chi connectivity index (χ4n) is 5.60. The van der Waals surface area contributed by atoms with Crippen LogP contribution < -0.4 is 16.0 Å². The number of carbonyl (C=O) groups excluding carboxylic acids is 2. The minimum Gasteiger partial charge on any atom is -0.380 e. The number of likely N-dealkylation sites (N-methyl/N-ethyl adjacent to an activating group) is 1. The van der Waals surface area contributed by atoms with Gasteiger partial charge in [-0.2, -0.15) is 5.10 Å². The first kappa shape index (κ1) is 22.0. The Morgan fingerprint density at radius 1 is 1.27 bits per heavy atom. The molecule has 5 rings (SSSR count). The summed E-state index contributed by atoms with van der Waals surface area (Å²) in [6.45, 7) is 4.40. The molecular weight excluding hydrogens is 446 g/mol. The maximum Gasteiger partial charge on any atom is 0.324 e. The molecule has 2 saturated heterocycles. The van der Waals surface area contributed by atoms with E-state index in [4.69, 9.17) is 5.73 Å². The fourth-order valence-corrected chi connectivity index (χ4v) is 6.51. The van der Waals surface area contributed by atoms with E-state index in [1.165, 1.54) is 12.5 Å². The minimum absolute atomic E-state index is 0.0592. The standard InChI is InChI=1S/C21H29N7O4S/c1-12-16-11-26(33(3,31)32)9-13(16)6-17(12)24-19-15(20(22)29)8-23-28-10-14(7-18(19)28)27-5-4-25(2)21(27)30/h7-8,10,12-13,16-17,24H,4-6,9,11H2,1-3H3,(H2,22,29)/t12-,13+,16-,17+/m0/s1.